The lowest BCUT2D eigenvalue weighted by Gasteiger charge is -2.11. The second-order valence-electron chi connectivity index (χ2n) is 5.11. The molecule has 0 amide bonds. The molecule has 1 aromatic carbocycles. The normalized spacial score (nSPS) is 11.2. The van der Waals surface area contributed by atoms with Crippen molar-refractivity contribution in [3.63, 3.8) is 0 Å². The van der Waals surface area contributed by atoms with E-state index >= 15 is 0 Å². The van der Waals surface area contributed by atoms with E-state index in [1.165, 1.54) is 17.3 Å². The molecule has 0 unspecified atom stereocenters. The van der Waals surface area contributed by atoms with Gasteiger partial charge in [0.2, 0.25) is 0 Å². The van der Waals surface area contributed by atoms with E-state index in [4.69, 9.17) is 16.0 Å². The minimum absolute atomic E-state index is 0.625. The molecule has 1 N–H and O–H groups in total. The summed E-state index contributed by atoms with van der Waals surface area (Å²) in [7, 11) is 0. The maximum Gasteiger partial charge on any atom is 0.260 e. The molecule has 0 atom stereocenters. The molecule has 0 fully saturated rings. The molecule has 20 heavy (non-hydrogen) atoms. The third kappa shape index (κ3) is 4.27. The first kappa shape index (κ1) is 15.4. The van der Waals surface area contributed by atoms with Gasteiger partial charge in [-0.2, -0.15) is 0 Å². The van der Waals surface area contributed by atoms with Gasteiger partial charge in [-0.15, -0.1) is 0 Å². The van der Waals surface area contributed by atoms with Crippen LogP contribution in [0.3, 0.4) is 0 Å². The zero-order valence-corrected chi connectivity index (χ0v) is 13.5. The van der Waals surface area contributed by atoms with E-state index in [1.807, 2.05) is 19.1 Å². The van der Waals surface area contributed by atoms with Crippen molar-refractivity contribution in [2.75, 3.05) is 6.54 Å². The van der Waals surface area contributed by atoms with E-state index in [0.29, 0.717) is 11.1 Å². The highest BCUT2D eigenvalue weighted by atomic mass is 35.5. The summed E-state index contributed by atoms with van der Waals surface area (Å²) in [6, 6.07) is 5.95. The molecule has 0 spiro atoms. The van der Waals surface area contributed by atoms with Crippen molar-refractivity contribution in [3.8, 4) is 0 Å². The van der Waals surface area contributed by atoms with Crippen LogP contribution in [0.15, 0.2) is 39.0 Å². The molecule has 108 valence electrons. The molecule has 0 saturated carbocycles. The predicted molar refractivity (Wildman–Crippen MR) is 83.4 cm³/mol. The third-order valence-corrected chi connectivity index (χ3v) is 4.18. The highest BCUT2D eigenvalue weighted by Gasteiger charge is 2.12. The maximum absolute atomic E-state index is 6.31. The number of halogens is 1. The number of rotatable bonds is 6. The highest BCUT2D eigenvalue weighted by Crippen LogP contribution is 2.35. The minimum Gasteiger partial charge on any atom is -0.439 e. The Morgan fingerprint density at radius 1 is 1.40 bits per heavy atom. The lowest BCUT2D eigenvalue weighted by atomic mass is 10.2. The lowest BCUT2D eigenvalue weighted by Crippen LogP contribution is -2.19. The van der Waals surface area contributed by atoms with Crippen LogP contribution < -0.4 is 5.32 Å². The average Bonchev–Trinajstić information content (AvgIpc) is 2.78. The van der Waals surface area contributed by atoms with Gasteiger partial charge in [-0.3, -0.25) is 0 Å². The largest absolute Gasteiger partial charge is 0.439 e. The van der Waals surface area contributed by atoms with Crippen molar-refractivity contribution < 1.29 is 4.42 Å². The maximum atomic E-state index is 6.31. The predicted octanol–water partition coefficient (Wildman–Crippen LogP) is 4.53. The van der Waals surface area contributed by atoms with Crippen molar-refractivity contribution in [2.45, 2.75) is 37.4 Å². The molecule has 0 saturated heterocycles. The molecule has 0 aliphatic heterocycles. The van der Waals surface area contributed by atoms with Crippen molar-refractivity contribution in [2.24, 2.45) is 5.92 Å². The Hall–Kier alpha value is -0.970. The molecule has 0 bridgehead atoms. The quantitative estimate of drug-likeness (QED) is 0.850. The second-order valence-corrected chi connectivity index (χ2v) is 6.48. The van der Waals surface area contributed by atoms with Gasteiger partial charge in [-0.05, 0) is 42.8 Å². The van der Waals surface area contributed by atoms with E-state index in [-0.39, 0.29) is 0 Å². The Morgan fingerprint density at radius 3 is 2.85 bits per heavy atom. The van der Waals surface area contributed by atoms with Crippen LogP contribution in [0.25, 0.3) is 0 Å². The SMILES string of the molecule is Cc1coc(Sc2c(Cl)cccc2CNCC(C)C)n1. The summed E-state index contributed by atoms with van der Waals surface area (Å²) in [6.07, 6.45) is 1.65. The van der Waals surface area contributed by atoms with Crippen molar-refractivity contribution in [1.82, 2.24) is 10.3 Å². The number of benzene rings is 1. The molecule has 2 aromatic rings. The number of hydrogen-bond donors (Lipinski definition) is 1. The number of nitrogens with one attached hydrogen (secondary N) is 1. The Morgan fingerprint density at radius 2 is 2.20 bits per heavy atom. The molecule has 0 aliphatic rings. The van der Waals surface area contributed by atoms with Crippen LogP contribution >= 0.6 is 23.4 Å². The fourth-order valence-corrected chi connectivity index (χ4v) is 2.98. The van der Waals surface area contributed by atoms with Gasteiger partial charge >= 0.3 is 0 Å². The summed E-state index contributed by atoms with van der Waals surface area (Å²) < 4.78 is 5.39. The Bertz CT molecular complexity index is 569. The molecule has 1 aromatic heterocycles. The Labute approximate surface area is 129 Å². The zero-order chi connectivity index (χ0) is 14.5. The first-order valence-corrected chi connectivity index (χ1v) is 7.84. The summed E-state index contributed by atoms with van der Waals surface area (Å²) in [5.74, 6) is 0.625. The van der Waals surface area contributed by atoms with Gasteiger partial charge in [0.05, 0.1) is 10.7 Å². The molecular formula is C15H19ClN2OS. The molecule has 3 nitrogen and oxygen atoms in total. The van der Waals surface area contributed by atoms with E-state index in [1.54, 1.807) is 6.26 Å². The number of oxazole rings is 1. The van der Waals surface area contributed by atoms with Gasteiger partial charge < -0.3 is 9.73 Å². The van der Waals surface area contributed by atoms with Gasteiger partial charge in [0.1, 0.15) is 6.26 Å². The van der Waals surface area contributed by atoms with E-state index in [2.05, 4.69) is 30.2 Å². The van der Waals surface area contributed by atoms with Crippen LogP contribution in [0.1, 0.15) is 25.1 Å². The Balaban J connectivity index is 2.13. The summed E-state index contributed by atoms with van der Waals surface area (Å²) in [6.45, 7) is 8.06. The van der Waals surface area contributed by atoms with E-state index in [9.17, 15) is 0 Å². The minimum atomic E-state index is 0.625. The standard InChI is InChI=1S/C15H19ClN2OS/c1-10(2)7-17-8-12-5-4-6-13(16)14(12)20-15-18-11(3)9-19-15/h4-6,9-10,17H,7-8H2,1-3H3. The Kier molecular flexibility index (Phi) is 5.52. The number of nitrogens with zero attached hydrogens (tertiary/aromatic N) is 1. The molecule has 1 heterocycles. The van der Waals surface area contributed by atoms with Gasteiger partial charge in [-0.25, -0.2) is 4.98 Å². The molecular weight excluding hydrogens is 292 g/mol. The summed E-state index contributed by atoms with van der Waals surface area (Å²) in [5.41, 5.74) is 2.04. The number of aryl methyl sites for hydroxylation is 1. The van der Waals surface area contributed by atoms with Crippen LogP contribution in [0.5, 0.6) is 0 Å². The van der Waals surface area contributed by atoms with Crippen LogP contribution in [0, 0.1) is 12.8 Å². The van der Waals surface area contributed by atoms with Gasteiger partial charge in [0.25, 0.3) is 5.22 Å². The van der Waals surface area contributed by atoms with E-state index in [0.717, 1.165) is 28.7 Å². The van der Waals surface area contributed by atoms with Crippen molar-refractivity contribution in [3.05, 3.63) is 40.7 Å². The molecule has 5 heteroatoms. The first-order valence-electron chi connectivity index (χ1n) is 6.64. The van der Waals surface area contributed by atoms with Crippen molar-refractivity contribution in [1.29, 1.82) is 0 Å². The first-order chi connectivity index (χ1) is 9.56. The van der Waals surface area contributed by atoms with Gasteiger partial charge in [-0.1, -0.05) is 37.6 Å². The molecule has 0 aliphatic carbocycles. The van der Waals surface area contributed by atoms with Gasteiger partial charge in [0.15, 0.2) is 0 Å². The smallest absolute Gasteiger partial charge is 0.260 e. The molecule has 2 rings (SSSR count). The highest BCUT2D eigenvalue weighted by molar-refractivity contribution is 7.99. The van der Waals surface area contributed by atoms with Crippen LogP contribution in [0.2, 0.25) is 5.02 Å². The number of aromatic nitrogens is 1. The topological polar surface area (TPSA) is 38.1 Å². The summed E-state index contributed by atoms with van der Waals surface area (Å²) >= 11 is 7.78. The van der Waals surface area contributed by atoms with Gasteiger partial charge in [0, 0.05) is 11.4 Å². The fraction of sp³-hybridized carbons (Fsp3) is 0.400. The lowest BCUT2D eigenvalue weighted by molar-refractivity contribution is 0.454. The third-order valence-electron chi connectivity index (χ3n) is 2.70. The summed E-state index contributed by atoms with van der Waals surface area (Å²) in [4.78, 5) is 5.32. The fourth-order valence-electron chi connectivity index (χ4n) is 1.77. The van der Waals surface area contributed by atoms with Crippen molar-refractivity contribution >= 4 is 23.4 Å². The van der Waals surface area contributed by atoms with E-state index < -0.39 is 0 Å². The molecule has 0 radical (unpaired) electrons. The zero-order valence-electron chi connectivity index (χ0n) is 11.9. The van der Waals surface area contributed by atoms with Crippen LogP contribution in [-0.4, -0.2) is 11.5 Å². The number of hydrogen-bond acceptors (Lipinski definition) is 4. The monoisotopic (exact) mass is 310 g/mol. The van der Waals surface area contributed by atoms with Crippen LogP contribution in [0.4, 0.5) is 0 Å². The average molecular weight is 311 g/mol. The second kappa shape index (κ2) is 7.16. The summed E-state index contributed by atoms with van der Waals surface area (Å²) in [5, 5.41) is 4.79. The van der Waals surface area contributed by atoms with Crippen LogP contribution in [-0.2, 0) is 6.54 Å².